The highest BCUT2D eigenvalue weighted by atomic mass is 79.9. The van der Waals surface area contributed by atoms with Crippen LogP contribution in [0.5, 0.6) is 0 Å². The molecule has 49 heavy (non-hydrogen) atoms. The van der Waals surface area contributed by atoms with E-state index >= 15 is 0 Å². The van der Waals surface area contributed by atoms with Gasteiger partial charge in [-0.05, 0) is 112 Å². The summed E-state index contributed by atoms with van der Waals surface area (Å²) in [7, 11) is 0. The molecule has 2 aromatic carbocycles. The third kappa shape index (κ3) is 8.63. The first-order valence-corrected chi connectivity index (χ1v) is 19.7. The van der Waals surface area contributed by atoms with Gasteiger partial charge in [0.2, 0.25) is 0 Å². The molecular weight excluding hydrogens is 752 g/mol. The number of para-hydroxylation sites is 1. The highest BCUT2D eigenvalue weighted by molar-refractivity contribution is 9.13. The Kier molecular flexibility index (Phi) is 11.1. The molecule has 4 amide bonds. The van der Waals surface area contributed by atoms with E-state index in [9.17, 15) is 14.4 Å². The van der Waals surface area contributed by atoms with Gasteiger partial charge in [0.25, 0.3) is 5.91 Å². The van der Waals surface area contributed by atoms with E-state index in [4.69, 9.17) is 4.74 Å². The average molecular weight is 801 g/mol. The molecule has 264 valence electrons. The quantitative estimate of drug-likeness (QED) is 0.362. The molecule has 0 aromatic heterocycles. The number of piperidine rings is 2. The van der Waals surface area contributed by atoms with Crippen LogP contribution in [0.2, 0.25) is 0 Å². The molecule has 10 nitrogen and oxygen atoms in total. The van der Waals surface area contributed by atoms with Crippen LogP contribution >= 0.6 is 31.9 Å². The summed E-state index contributed by atoms with van der Waals surface area (Å²) in [6.45, 7) is 8.72. The van der Waals surface area contributed by atoms with Gasteiger partial charge >= 0.3 is 12.1 Å². The average Bonchev–Trinajstić information content (AvgIpc) is 3.96. The normalized spacial score (nSPS) is 22.3. The molecule has 5 aliphatic rings. The van der Waals surface area contributed by atoms with E-state index in [1.807, 2.05) is 46.2 Å². The van der Waals surface area contributed by atoms with Crippen LogP contribution in [0.1, 0.15) is 49.7 Å². The van der Waals surface area contributed by atoms with Gasteiger partial charge in [0, 0.05) is 98.6 Å². The Hall–Kier alpha value is -2.67. The van der Waals surface area contributed by atoms with Crippen molar-refractivity contribution in [2.75, 3.05) is 70.8 Å². The van der Waals surface area contributed by atoms with Crippen molar-refractivity contribution in [3.05, 3.63) is 62.5 Å². The Morgan fingerprint density at radius 1 is 0.796 bits per heavy atom. The predicted octanol–water partition coefficient (Wildman–Crippen LogP) is 5.83. The number of benzene rings is 2. The molecular formula is C37H48Br2N6O4. The minimum absolute atomic E-state index is 0.0402. The summed E-state index contributed by atoms with van der Waals surface area (Å²) in [5.41, 5.74) is 2.93. The van der Waals surface area contributed by atoms with Crippen molar-refractivity contribution >= 4 is 55.6 Å². The molecule has 1 saturated carbocycles. The van der Waals surface area contributed by atoms with Crippen molar-refractivity contribution in [3.63, 3.8) is 0 Å². The number of nitrogens with one attached hydrogen (secondary N) is 1. The summed E-state index contributed by atoms with van der Waals surface area (Å²) in [6, 6.07) is 14.3. The van der Waals surface area contributed by atoms with Crippen LogP contribution in [0.3, 0.4) is 0 Å². The summed E-state index contributed by atoms with van der Waals surface area (Å²) in [4.78, 5) is 51.6. The summed E-state index contributed by atoms with van der Waals surface area (Å²) in [5, 5.41) is 3.06. The van der Waals surface area contributed by atoms with Gasteiger partial charge < -0.3 is 29.7 Å². The van der Waals surface area contributed by atoms with Gasteiger partial charge in [-0.2, -0.15) is 0 Å². The molecule has 2 aromatic rings. The number of rotatable bonds is 8. The molecule has 1 unspecified atom stereocenters. The number of ether oxygens (including phenoxy) is 1. The van der Waals surface area contributed by atoms with Gasteiger partial charge in [0.15, 0.2) is 6.10 Å². The van der Waals surface area contributed by atoms with Crippen molar-refractivity contribution in [2.45, 2.75) is 69.6 Å². The summed E-state index contributed by atoms with van der Waals surface area (Å²) in [6.07, 6.45) is 5.76. The van der Waals surface area contributed by atoms with Crippen LogP contribution < -0.4 is 5.32 Å². The zero-order valence-corrected chi connectivity index (χ0v) is 31.4. The van der Waals surface area contributed by atoms with Crippen LogP contribution in [0.25, 0.3) is 0 Å². The SMILES string of the molecule is O=C(OC(Cc1ccc(Br)c(Br)c1)C(=O)N1CCC(N2CCN(CC3CC3)CC2)CC1)N1CCC(N2CCc3ccccc3NC2=O)CC1. The number of carbonyl (C=O) groups excluding carboxylic acids is 3. The van der Waals surface area contributed by atoms with Crippen molar-refractivity contribution in [2.24, 2.45) is 5.92 Å². The van der Waals surface area contributed by atoms with E-state index in [0.29, 0.717) is 58.0 Å². The Bertz CT molecular complexity index is 1500. The maximum Gasteiger partial charge on any atom is 0.410 e. The molecule has 0 bridgehead atoms. The highest BCUT2D eigenvalue weighted by Crippen LogP contribution is 2.31. The number of piperazine rings is 1. The number of halogens is 2. The molecule has 1 aliphatic carbocycles. The Morgan fingerprint density at radius 3 is 2.20 bits per heavy atom. The van der Waals surface area contributed by atoms with Gasteiger partial charge in [0.1, 0.15) is 0 Å². The zero-order valence-electron chi connectivity index (χ0n) is 28.2. The van der Waals surface area contributed by atoms with E-state index in [1.165, 1.54) is 19.4 Å². The van der Waals surface area contributed by atoms with Crippen LogP contribution in [0.4, 0.5) is 15.3 Å². The molecule has 1 atom stereocenters. The largest absolute Gasteiger partial charge is 0.436 e. The number of carbonyl (C=O) groups is 3. The molecule has 1 N–H and O–H groups in total. The third-order valence-corrected chi connectivity index (χ3v) is 13.0. The molecule has 4 heterocycles. The van der Waals surface area contributed by atoms with Crippen molar-refractivity contribution in [3.8, 4) is 0 Å². The molecule has 3 saturated heterocycles. The van der Waals surface area contributed by atoms with E-state index in [0.717, 1.165) is 77.1 Å². The van der Waals surface area contributed by atoms with E-state index in [2.05, 4.69) is 53.0 Å². The van der Waals surface area contributed by atoms with Crippen molar-refractivity contribution in [1.29, 1.82) is 0 Å². The lowest BCUT2D eigenvalue weighted by molar-refractivity contribution is -0.142. The van der Waals surface area contributed by atoms with Crippen LogP contribution in [0.15, 0.2) is 51.4 Å². The first-order valence-electron chi connectivity index (χ1n) is 18.1. The van der Waals surface area contributed by atoms with Crippen LogP contribution in [-0.4, -0.2) is 126 Å². The number of nitrogens with zero attached hydrogens (tertiary/aromatic N) is 5. The van der Waals surface area contributed by atoms with Crippen LogP contribution in [0, 0.1) is 5.92 Å². The molecule has 7 rings (SSSR count). The number of urea groups is 1. The topological polar surface area (TPSA) is 88.7 Å². The minimum Gasteiger partial charge on any atom is -0.436 e. The van der Waals surface area contributed by atoms with Gasteiger partial charge in [0.05, 0.1) is 0 Å². The number of likely N-dealkylation sites (tertiary alicyclic amines) is 2. The summed E-state index contributed by atoms with van der Waals surface area (Å²) < 4.78 is 7.91. The zero-order chi connectivity index (χ0) is 33.9. The van der Waals surface area contributed by atoms with Crippen molar-refractivity contribution < 1.29 is 19.1 Å². The van der Waals surface area contributed by atoms with E-state index < -0.39 is 12.2 Å². The minimum atomic E-state index is -0.907. The second kappa shape index (κ2) is 15.7. The lowest BCUT2D eigenvalue weighted by Crippen LogP contribution is -2.55. The predicted molar refractivity (Wildman–Crippen MR) is 197 cm³/mol. The first kappa shape index (κ1) is 34.8. The van der Waals surface area contributed by atoms with Gasteiger partial charge in [-0.25, -0.2) is 9.59 Å². The van der Waals surface area contributed by atoms with E-state index in [1.54, 1.807) is 4.90 Å². The second-order valence-electron chi connectivity index (χ2n) is 14.4. The first-order chi connectivity index (χ1) is 23.8. The molecule has 4 fully saturated rings. The Morgan fingerprint density at radius 2 is 1.49 bits per heavy atom. The number of hydrogen-bond donors (Lipinski definition) is 1. The Labute approximate surface area is 306 Å². The Balaban J connectivity index is 0.942. The summed E-state index contributed by atoms with van der Waals surface area (Å²) >= 11 is 7.12. The van der Waals surface area contributed by atoms with Gasteiger partial charge in [-0.15, -0.1) is 0 Å². The fourth-order valence-electron chi connectivity index (χ4n) is 7.99. The van der Waals surface area contributed by atoms with Crippen molar-refractivity contribution in [1.82, 2.24) is 24.5 Å². The number of amides is 4. The standard InChI is InChI=1S/C37H48Br2N6O4/c38-31-8-7-27(23-32(31)39)24-34(35(46)43-14-10-29(11-15-43)42-21-19-41(20-22-42)25-26-5-6-26)49-37(48)44-16-12-30(13-17-44)45-18-9-28-3-1-2-4-33(28)40-36(45)47/h1-4,7-8,23,26,29-30,34H,5-6,9-22,24-25H2,(H,40,47). The lowest BCUT2D eigenvalue weighted by atomic mass is 10.0. The molecule has 0 radical (unpaired) electrons. The maximum absolute atomic E-state index is 14.1. The third-order valence-electron chi connectivity index (χ3n) is 11.1. The fourth-order valence-corrected chi connectivity index (χ4v) is 8.66. The molecule has 0 spiro atoms. The second-order valence-corrected chi connectivity index (χ2v) is 16.1. The van der Waals surface area contributed by atoms with Gasteiger partial charge in [-0.1, -0.05) is 24.3 Å². The van der Waals surface area contributed by atoms with E-state index in [-0.39, 0.29) is 18.0 Å². The smallest absolute Gasteiger partial charge is 0.410 e. The lowest BCUT2D eigenvalue weighted by Gasteiger charge is -2.43. The summed E-state index contributed by atoms with van der Waals surface area (Å²) in [5.74, 6) is 0.815. The highest BCUT2D eigenvalue weighted by Gasteiger charge is 2.37. The number of fused-ring (bicyclic) bond motifs is 1. The molecule has 4 aliphatic heterocycles. The van der Waals surface area contributed by atoms with Gasteiger partial charge in [-0.3, -0.25) is 9.69 Å². The number of hydrogen-bond acceptors (Lipinski definition) is 6. The maximum atomic E-state index is 14.1. The molecule has 12 heteroatoms. The number of anilines is 1. The monoisotopic (exact) mass is 798 g/mol. The van der Waals surface area contributed by atoms with Crippen LogP contribution in [-0.2, 0) is 22.4 Å². The fraction of sp³-hybridized carbons (Fsp3) is 0.595.